The molecule has 1 aliphatic rings. The number of methoxy groups -OCH3 is 1. The van der Waals surface area contributed by atoms with Crippen molar-refractivity contribution in [1.82, 2.24) is 14.9 Å². The van der Waals surface area contributed by atoms with Gasteiger partial charge in [0.1, 0.15) is 17.1 Å². The summed E-state index contributed by atoms with van der Waals surface area (Å²) in [4.78, 5) is 35.7. The maximum atomic E-state index is 16.4. The molecule has 1 fully saturated rings. The maximum Gasteiger partial charge on any atom is 0.314 e. The first-order chi connectivity index (χ1) is 18.8. The molecule has 0 radical (unpaired) electrons. The predicted molar refractivity (Wildman–Crippen MR) is 148 cm³/mol. The van der Waals surface area contributed by atoms with Crippen LogP contribution >= 0.6 is 11.6 Å². The topological polar surface area (TPSA) is 134 Å². The Morgan fingerprint density at radius 3 is 2.59 bits per heavy atom. The maximum absolute atomic E-state index is 16.4. The highest BCUT2D eigenvalue weighted by Crippen LogP contribution is 2.42. The fourth-order valence-corrected chi connectivity index (χ4v) is 5.06. The fraction of sp³-hybridized carbons (Fsp3) is 0.259. The number of piperazine rings is 1. The van der Waals surface area contributed by atoms with Crippen LogP contribution in [-0.2, 0) is 9.53 Å². The number of anilines is 2. The first-order valence-electron chi connectivity index (χ1n) is 12.3. The second-order valence-corrected chi connectivity index (χ2v) is 9.50. The lowest BCUT2D eigenvalue weighted by Gasteiger charge is -2.35. The quantitative estimate of drug-likeness (QED) is 0.304. The third-order valence-electron chi connectivity index (χ3n) is 6.71. The number of aromatic hydroxyl groups is 1. The van der Waals surface area contributed by atoms with Crippen molar-refractivity contribution in [3.05, 3.63) is 53.3 Å². The van der Waals surface area contributed by atoms with Gasteiger partial charge in [0, 0.05) is 43.7 Å². The molecule has 3 aromatic carbocycles. The molecular weight excluding hydrogens is 527 g/mol. The minimum Gasteiger partial charge on any atom is -0.508 e. The number of nitrogens with two attached hydrogens (primary N) is 1. The van der Waals surface area contributed by atoms with Crippen LogP contribution in [0.4, 0.5) is 21.0 Å². The fourth-order valence-electron chi connectivity index (χ4n) is 4.77. The number of halogens is 2. The highest BCUT2D eigenvalue weighted by molar-refractivity contribution is 6.35. The van der Waals surface area contributed by atoms with Gasteiger partial charge in [0.25, 0.3) is 0 Å². The SMILES string of the molecule is COC(=O)CCNc1nc(N2CCN(C(N)=O)CC2)c2cc(Cl)c(-c3cc(O)cc4ccccc34)c(F)c2n1. The third-order valence-corrected chi connectivity index (χ3v) is 7.01. The van der Waals surface area contributed by atoms with Gasteiger partial charge in [-0.2, -0.15) is 4.98 Å². The molecule has 1 aliphatic heterocycles. The van der Waals surface area contributed by atoms with Gasteiger partial charge in [-0.05, 0) is 34.5 Å². The Labute approximate surface area is 228 Å². The molecule has 1 aromatic heterocycles. The van der Waals surface area contributed by atoms with E-state index in [0.717, 1.165) is 5.39 Å². The van der Waals surface area contributed by atoms with Crippen LogP contribution in [0.1, 0.15) is 6.42 Å². The molecule has 202 valence electrons. The van der Waals surface area contributed by atoms with Gasteiger partial charge in [0.2, 0.25) is 5.95 Å². The summed E-state index contributed by atoms with van der Waals surface area (Å²) >= 11 is 6.71. The number of carbonyl (C=O) groups is 2. The second kappa shape index (κ2) is 10.8. The van der Waals surface area contributed by atoms with Gasteiger partial charge < -0.3 is 30.7 Å². The van der Waals surface area contributed by atoms with E-state index in [0.29, 0.717) is 48.3 Å². The van der Waals surface area contributed by atoms with Gasteiger partial charge in [0.05, 0.1) is 18.6 Å². The first kappa shape index (κ1) is 26.2. The summed E-state index contributed by atoms with van der Waals surface area (Å²) in [6.07, 6.45) is 0.0636. The molecule has 0 atom stereocenters. The zero-order chi connectivity index (χ0) is 27.7. The average Bonchev–Trinajstić information content (AvgIpc) is 2.93. The molecule has 0 unspecified atom stereocenters. The van der Waals surface area contributed by atoms with Gasteiger partial charge in [-0.3, -0.25) is 4.79 Å². The van der Waals surface area contributed by atoms with Crippen LogP contribution in [0, 0.1) is 5.82 Å². The van der Waals surface area contributed by atoms with Gasteiger partial charge in [-0.15, -0.1) is 0 Å². The highest BCUT2D eigenvalue weighted by atomic mass is 35.5. The van der Waals surface area contributed by atoms with Crippen LogP contribution in [0.25, 0.3) is 32.8 Å². The molecule has 2 heterocycles. The number of aromatic nitrogens is 2. The monoisotopic (exact) mass is 552 g/mol. The van der Waals surface area contributed by atoms with Crippen molar-refractivity contribution in [2.45, 2.75) is 6.42 Å². The number of primary amides is 1. The Kier molecular flexibility index (Phi) is 7.25. The summed E-state index contributed by atoms with van der Waals surface area (Å²) in [5, 5.41) is 15.3. The smallest absolute Gasteiger partial charge is 0.314 e. The van der Waals surface area contributed by atoms with Crippen molar-refractivity contribution in [2.75, 3.05) is 50.1 Å². The number of amides is 2. The van der Waals surface area contributed by atoms with Crippen molar-refractivity contribution in [1.29, 1.82) is 0 Å². The van der Waals surface area contributed by atoms with Crippen LogP contribution in [0.3, 0.4) is 0 Å². The summed E-state index contributed by atoms with van der Waals surface area (Å²) in [6.45, 7) is 1.74. The molecule has 0 spiro atoms. The van der Waals surface area contributed by atoms with Crippen molar-refractivity contribution >= 4 is 57.0 Å². The van der Waals surface area contributed by atoms with Crippen LogP contribution in [0.5, 0.6) is 5.75 Å². The number of benzene rings is 3. The van der Waals surface area contributed by atoms with E-state index in [4.69, 9.17) is 17.3 Å². The zero-order valence-electron chi connectivity index (χ0n) is 21.1. The molecule has 2 amide bonds. The first-order valence-corrected chi connectivity index (χ1v) is 12.7. The van der Waals surface area contributed by atoms with Crippen LogP contribution in [0.2, 0.25) is 5.02 Å². The van der Waals surface area contributed by atoms with Gasteiger partial charge in [-0.25, -0.2) is 14.2 Å². The summed E-state index contributed by atoms with van der Waals surface area (Å²) in [5.74, 6) is -0.574. The molecule has 1 saturated heterocycles. The molecule has 4 N–H and O–H groups in total. The largest absolute Gasteiger partial charge is 0.508 e. The number of nitrogens with zero attached hydrogens (tertiary/aromatic N) is 4. The summed E-state index contributed by atoms with van der Waals surface area (Å²) in [6, 6.07) is 11.5. The summed E-state index contributed by atoms with van der Waals surface area (Å²) in [5.41, 5.74) is 5.97. The van der Waals surface area contributed by atoms with Gasteiger partial charge >= 0.3 is 12.0 Å². The minimum atomic E-state index is -0.677. The number of phenolic OH excluding ortho intramolecular Hbond substituents is 1. The normalized spacial score (nSPS) is 13.6. The molecule has 0 aliphatic carbocycles. The predicted octanol–water partition coefficient (Wildman–Crippen LogP) is 4.12. The van der Waals surface area contributed by atoms with Crippen LogP contribution < -0.4 is 16.0 Å². The molecule has 5 rings (SSSR count). The van der Waals surface area contributed by atoms with Crippen molar-refractivity contribution in [3.63, 3.8) is 0 Å². The Bertz CT molecular complexity index is 1590. The summed E-state index contributed by atoms with van der Waals surface area (Å²) in [7, 11) is 1.30. The molecule has 10 nitrogen and oxygen atoms in total. The molecule has 0 saturated carbocycles. The van der Waals surface area contributed by atoms with Crippen LogP contribution in [0.15, 0.2) is 42.5 Å². The Hall–Kier alpha value is -4.38. The number of hydrogen-bond acceptors (Lipinski definition) is 8. The molecular formula is C27H26ClFN6O4. The number of rotatable bonds is 6. The Morgan fingerprint density at radius 1 is 1.13 bits per heavy atom. The van der Waals surface area contributed by atoms with E-state index in [-0.39, 0.29) is 40.8 Å². The van der Waals surface area contributed by atoms with E-state index in [1.54, 1.807) is 12.1 Å². The number of nitrogens with one attached hydrogen (secondary N) is 1. The number of carbonyl (C=O) groups excluding carboxylic acids is 2. The van der Waals surface area contributed by atoms with Crippen LogP contribution in [-0.4, -0.2) is 71.8 Å². The lowest BCUT2D eigenvalue weighted by atomic mass is 9.96. The minimum absolute atomic E-state index is 0.0183. The molecule has 4 aromatic rings. The standard InChI is InChI=1S/C27H26ClFN6O4/c1-39-21(37)6-7-31-27-32-24-19(25(33-27)34-8-10-35(11-9-34)26(30)38)14-20(28)22(23(24)29)18-13-16(36)12-15-4-2-3-5-17(15)18/h2-5,12-14,36H,6-11H2,1H3,(H2,30,38)(H,31,32,33). The lowest BCUT2D eigenvalue weighted by Crippen LogP contribution is -2.50. The van der Waals surface area contributed by atoms with Crippen molar-refractivity contribution < 1.29 is 23.8 Å². The third kappa shape index (κ3) is 5.17. The van der Waals surface area contributed by atoms with E-state index in [1.807, 2.05) is 29.2 Å². The molecule has 0 bridgehead atoms. The van der Waals surface area contributed by atoms with Crippen molar-refractivity contribution in [3.8, 4) is 16.9 Å². The lowest BCUT2D eigenvalue weighted by molar-refractivity contribution is -0.140. The van der Waals surface area contributed by atoms with E-state index >= 15 is 4.39 Å². The number of phenols is 1. The average molecular weight is 553 g/mol. The Morgan fingerprint density at radius 2 is 1.87 bits per heavy atom. The summed E-state index contributed by atoms with van der Waals surface area (Å²) < 4.78 is 21.1. The Balaban J connectivity index is 1.66. The number of ether oxygens (including phenoxy) is 1. The zero-order valence-corrected chi connectivity index (χ0v) is 21.8. The number of esters is 1. The van der Waals surface area contributed by atoms with E-state index < -0.39 is 17.8 Å². The van der Waals surface area contributed by atoms with E-state index in [1.165, 1.54) is 18.1 Å². The molecule has 12 heteroatoms. The van der Waals surface area contributed by atoms with E-state index in [9.17, 15) is 14.7 Å². The second-order valence-electron chi connectivity index (χ2n) is 9.09. The molecule has 39 heavy (non-hydrogen) atoms. The highest BCUT2D eigenvalue weighted by Gasteiger charge is 2.26. The van der Waals surface area contributed by atoms with Crippen molar-refractivity contribution in [2.24, 2.45) is 5.73 Å². The number of urea groups is 1. The number of fused-ring (bicyclic) bond motifs is 2. The van der Waals surface area contributed by atoms with Gasteiger partial charge in [0.15, 0.2) is 5.82 Å². The number of hydrogen-bond donors (Lipinski definition) is 3. The van der Waals surface area contributed by atoms with E-state index in [2.05, 4.69) is 20.0 Å². The van der Waals surface area contributed by atoms with Gasteiger partial charge in [-0.1, -0.05) is 35.9 Å².